The Morgan fingerprint density at radius 3 is 2.34 bits per heavy atom. The van der Waals surface area contributed by atoms with Crippen molar-refractivity contribution in [3.8, 4) is 0 Å². The van der Waals surface area contributed by atoms with E-state index in [1.807, 2.05) is 12.2 Å². The van der Waals surface area contributed by atoms with Crippen LogP contribution in [0.4, 0.5) is 11.4 Å². The molecule has 1 aromatic rings. The van der Waals surface area contributed by atoms with Gasteiger partial charge in [0.2, 0.25) is 11.8 Å². The van der Waals surface area contributed by atoms with Gasteiger partial charge >= 0.3 is 0 Å². The maximum atomic E-state index is 12.9. The van der Waals surface area contributed by atoms with Gasteiger partial charge in [0.1, 0.15) is 0 Å². The van der Waals surface area contributed by atoms with Gasteiger partial charge in [0.25, 0.3) is 11.6 Å². The minimum atomic E-state index is -0.529. The van der Waals surface area contributed by atoms with Gasteiger partial charge in [-0.15, -0.1) is 0 Å². The molecular weight excluding hydrogens is 412 g/mol. The van der Waals surface area contributed by atoms with Crippen LogP contribution in [0, 0.1) is 22.0 Å². The molecule has 2 aliphatic carbocycles. The molecule has 9 heteroatoms. The summed E-state index contributed by atoms with van der Waals surface area (Å²) in [5, 5.41) is 17.3. The Kier molecular flexibility index (Phi) is 6.53. The van der Waals surface area contributed by atoms with Crippen LogP contribution < -0.4 is 10.6 Å². The quantitative estimate of drug-likeness (QED) is 0.291. The number of nitro benzene ring substituents is 1. The maximum absolute atomic E-state index is 12.9. The van der Waals surface area contributed by atoms with E-state index < -0.39 is 4.92 Å². The van der Waals surface area contributed by atoms with Gasteiger partial charge in [0.05, 0.1) is 22.3 Å². The highest BCUT2D eigenvalue weighted by Gasteiger charge is 2.46. The van der Waals surface area contributed by atoms with Gasteiger partial charge in [-0.05, 0) is 31.7 Å². The van der Waals surface area contributed by atoms with Crippen molar-refractivity contribution in [3.63, 3.8) is 0 Å². The Labute approximate surface area is 186 Å². The van der Waals surface area contributed by atoms with Crippen LogP contribution in [0.3, 0.4) is 0 Å². The molecule has 2 atom stereocenters. The molecule has 0 unspecified atom stereocenters. The number of nitrogens with one attached hydrogen (secondary N) is 2. The first-order valence-corrected chi connectivity index (χ1v) is 11.3. The Morgan fingerprint density at radius 2 is 1.72 bits per heavy atom. The average Bonchev–Trinajstić information content (AvgIpc) is 3.04. The van der Waals surface area contributed by atoms with E-state index in [-0.39, 0.29) is 59.9 Å². The third-order valence-corrected chi connectivity index (χ3v) is 6.65. The lowest BCUT2D eigenvalue weighted by Gasteiger charge is -2.23. The molecule has 9 nitrogen and oxygen atoms in total. The standard InChI is InChI=1S/C23H28N4O5/c28-21(25-15-6-2-1-3-7-15)19-14-16(27(31)32)10-11-20(19)24-12-13-26-22(29)17-8-4-5-9-18(17)23(26)30/h4-5,10-11,14-15,17-18,24H,1-3,6-9,12-13H2,(H,25,28)/t17-,18-/m0/s1. The summed E-state index contributed by atoms with van der Waals surface area (Å²) in [7, 11) is 0. The summed E-state index contributed by atoms with van der Waals surface area (Å²) in [6.45, 7) is 0.442. The van der Waals surface area contributed by atoms with Crippen LogP contribution in [0.5, 0.6) is 0 Å². The molecular formula is C23H28N4O5. The lowest BCUT2D eigenvalue weighted by Crippen LogP contribution is -2.37. The number of imide groups is 1. The topological polar surface area (TPSA) is 122 Å². The average molecular weight is 441 g/mol. The lowest BCUT2D eigenvalue weighted by atomic mass is 9.85. The van der Waals surface area contributed by atoms with Crippen molar-refractivity contribution in [2.24, 2.45) is 11.8 Å². The number of nitro groups is 1. The zero-order valence-electron chi connectivity index (χ0n) is 17.9. The van der Waals surface area contributed by atoms with Crippen LogP contribution in [0.25, 0.3) is 0 Å². The van der Waals surface area contributed by atoms with Gasteiger partial charge in [-0.1, -0.05) is 31.4 Å². The Hall–Kier alpha value is -3.23. The number of likely N-dealkylation sites (tertiary alicyclic amines) is 1. The molecule has 2 fully saturated rings. The van der Waals surface area contributed by atoms with Crippen molar-refractivity contribution >= 4 is 29.1 Å². The summed E-state index contributed by atoms with van der Waals surface area (Å²) in [4.78, 5) is 50.1. The summed E-state index contributed by atoms with van der Waals surface area (Å²) in [6.07, 6.45) is 10.1. The predicted octanol–water partition coefficient (Wildman–Crippen LogP) is 3.02. The first kappa shape index (κ1) is 22.0. The Morgan fingerprint density at radius 1 is 1.06 bits per heavy atom. The smallest absolute Gasteiger partial charge is 0.270 e. The first-order valence-electron chi connectivity index (χ1n) is 11.3. The highest BCUT2D eigenvalue weighted by molar-refractivity contribution is 6.05. The molecule has 32 heavy (non-hydrogen) atoms. The number of fused-ring (bicyclic) bond motifs is 1. The molecule has 1 aromatic carbocycles. The fraction of sp³-hybridized carbons (Fsp3) is 0.522. The van der Waals surface area contributed by atoms with Crippen LogP contribution in [0.15, 0.2) is 30.4 Å². The maximum Gasteiger partial charge on any atom is 0.270 e. The molecule has 0 bridgehead atoms. The molecule has 0 aromatic heterocycles. The third kappa shape index (κ3) is 4.51. The minimum Gasteiger partial charge on any atom is -0.383 e. The van der Waals surface area contributed by atoms with Crippen LogP contribution >= 0.6 is 0 Å². The monoisotopic (exact) mass is 440 g/mol. The summed E-state index contributed by atoms with van der Waals surface area (Å²) in [6, 6.07) is 4.18. The molecule has 2 N–H and O–H groups in total. The normalized spacial score (nSPS) is 23.2. The van der Waals surface area contributed by atoms with Gasteiger partial charge in [-0.3, -0.25) is 29.4 Å². The van der Waals surface area contributed by atoms with Crippen molar-refractivity contribution in [1.82, 2.24) is 10.2 Å². The van der Waals surface area contributed by atoms with E-state index in [0.717, 1.165) is 32.1 Å². The summed E-state index contributed by atoms with van der Waals surface area (Å²) in [5.74, 6) is -1.20. The number of carbonyl (C=O) groups is 3. The minimum absolute atomic E-state index is 0.0696. The highest BCUT2D eigenvalue weighted by Crippen LogP contribution is 2.35. The van der Waals surface area contributed by atoms with Gasteiger partial charge in [-0.25, -0.2) is 0 Å². The second-order valence-electron chi connectivity index (χ2n) is 8.71. The van der Waals surface area contributed by atoms with Crippen LogP contribution in [-0.4, -0.2) is 46.7 Å². The number of amides is 3. The summed E-state index contributed by atoms with van der Waals surface area (Å²) < 4.78 is 0. The zero-order valence-corrected chi connectivity index (χ0v) is 17.9. The van der Waals surface area contributed by atoms with Gasteiger partial charge < -0.3 is 10.6 Å². The zero-order chi connectivity index (χ0) is 22.7. The first-order chi connectivity index (χ1) is 15.5. The second-order valence-corrected chi connectivity index (χ2v) is 8.71. The number of hydrogen-bond donors (Lipinski definition) is 2. The Bertz CT molecular complexity index is 928. The van der Waals surface area contributed by atoms with Crippen molar-refractivity contribution in [1.29, 1.82) is 0 Å². The third-order valence-electron chi connectivity index (χ3n) is 6.65. The SMILES string of the molecule is O=C(NC1CCCCC1)c1cc([N+](=O)[O-])ccc1NCCN1C(=O)[C@H]2CC=CC[C@@H]2C1=O. The van der Waals surface area contributed by atoms with Gasteiger partial charge in [-0.2, -0.15) is 0 Å². The molecule has 0 spiro atoms. The molecule has 3 amide bonds. The lowest BCUT2D eigenvalue weighted by molar-refractivity contribution is -0.384. The molecule has 1 saturated carbocycles. The van der Waals surface area contributed by atoms with Gasteiger partial charge in [0.15, 0.2) is 0 Å². The fourth-order valence-electron chi connectivity index (χ4n) is 4.89. The number of benzene rings is 1. The van der Waals surface area contributed by atoms with E-state index in [9.17, 15) is 24.5 Å². The van der Waals surface area contributed by atoms with E-state index in [2.05, 4.69) is 10.6 Å². The number of allylic oxidation sites excluding steroid dienone is 2. The molecule has 3 aliphatic rings. The molecule has 1 heterocycles. The molecule has 4 rings (SSSR count). The van der Waals surface area contributed by atoms with E-state index in [1.54, 1.807) is 0 Å². The fourth-order valence-corrected chi connectivity index (χ4v) is 4.89. The number of rotatable bonds is 7. The largest absolute Gasteiger partial charge is 0.383 e. The number of nitrogens with zero attached hydrogens (tertiary/aromatic N) is 2. The molecule has 170 valence electrons. The molecule has 0 radical (unpaired) electrons. The van der Waals surface area contributed by atoms with Crippen LogP contribution in [-0.2, 0) is 9.59 Å². The van der Waals surface area contributed by atoms with Crippen molar-refractivity contribution < 1.29 is 19.3 Å². The number of hydrogen-bond acceptors (Lipinski definition) is 6. The summed E-state index contributed by atoms with van der Waals surface area (Å²) in [5.41, 5.74) is 0.481. The Balaban J connectivity index is 1.43. The van der Waals surface area contributed by atoms with Gasteiger partial charge in [0, 0.05) is 37.0 Å². The molecule has 1 aliphatic heterocycles. The van der Waals surface area contributed by atoms with E-state index in [0.29, 0.717) is 18.5 Å². The number of non-ortho nitro benzene ring substituents is 1. The number of anilines is 1. The highest BCUT2D eigenvalue weighted by atomic mass is 16.6. The predicted molar refractivity (Wildman–Crippen MR) is 118 cm³/mol. The van der Waals surface area contributed by atoms with Crippen LogP contribution in [0.1, 0.15) is 55.3 Å². The van der Waals surface area contributed by atoms with Crippen molar-refractivity contribution in [2.45, 2.75) is 51.0 Å². The van der Waals surface area contributed by atoms with E-state index >= 15 is 0 Å². The van der Waals surface area contributed by atoms with E-state index in [1.165, 1.54) is 23.1 Å². The second kappa shape index (κ2) is 9.50. The van der Waals surface area contributed by atoms with Crippen LogP contribution in [0.2, 0.25) is 0 Å². The van der Waals surface area contributed by atoms with E-state index in [4.69, 9.17) is 0 Å². The van der Waals surface area contributed by atoms with Crippen molar-refractivity contribution in [3.05, 3.63) is 46.0 Å². The number of carbonyl (C=O) groups excluding carboxylic acids is 3. The van der Waals surface area contributed by atoms with Crippen molar-refractivity contribution in [2.75, 3.05) is 18.4 Å². The summed E-state index contributed by atoms with van der Waals surface area (Å²) >= 11 is 0. The molecule has 1 saturated heterocycles.